The van der Waals surface area contributed by atoms with E-state index < -0.39 is 0 Å². The SMILES string of the molecule is CNc1ncccc1C(=O)NCCNC(=O)N(C)C. The highest BCUT2D eigenvalue weighted by Crippen LogP contribution is 2.09. The van der Waals surface area contributed by atoms with E-state index in [1.54, 1.807) is 39.5 Å². The predicted molar refractivity (Wildman–Crippen MR) is 73.2 cm³/mol. The van der Waals surface area contributed by atoms with Crippen molar-refractivity contribution in [1.29, 1.82) is 0 Å². The van der Waals surface area contributed by atoms with Crippen LogP contribution >= 0.6 is 0 Å². The molecule has 0 saturated carbocycles. The number of carbonyl (C=O) groups excluding carboxylic acids is 2. The number of carbonyl (C=O) groups is 2. The monoisotopic (exact) mass is 265 g/mol. The molecular weight excluding hydrogens is 246 g/mol. The molecule has 1 rings (SSSR count). The first-order valence-corrected chi connectivity index (χ1v) is 5.92. The van der Waals surface area contributed by atoms with Crippen LogP contribution in [0.15, 0.2) is 18.3 Å². The molecular formula is C12H19N5O2. The molecule has 7 heteroatoms. The van der Waals surface area contributed by atoms with Crippen LogP contribution in [0, 0.1) is 0 Å². The van der Waals surface area contributed by atoms with Crippen molar-refractivity contribution in [2.24, 2.45) is 0 Å². The van der Waals surface area contributed by atoms with Gasteiger partial charge in [0.15, 0.2) is 0 Å². The molecule has 0 unspecified atom stereocenters. The number of hydrogen-bond donors (Lipinski definition) is 3. The minimum Gasteiger partial charge on any atom is -0.372 e. The number of amides is 3. The van der Waals surface area contributed by atoms with Crippen molar-refractivity contribution >= 4 is 17.8 Å². The summed E-state index contributed by atoms with van der Waals surface area (Å²) in [7, 11) is 5.02. The fourth-order valence-electron chi connectivity index (χ4n) is 1.39. The summed E-state index contributed by atoms with van der Waals surface area (Å²) in [5.74, 6) is 0.300. The van der Waals surface area contributed by atoms with Gasteiger partial charge in [-0.25, -0.2) is 9.78 Å². The molecule has 0 aliphatic carbocycles. The van der Waals surface area contributed by atoms with Gasteiger partial charge in [0.1, 0.15) is 5.82 Å². The minimum atomic E-state index is -0.225. The summed E-state index contributed by atoms with van der Waals surface area (Å²) >= 11 is 0. The molecule has 0 atom stereocenters. The third-order valence-corrected chi connectivity index (χ3v) is 2.38. The van der Waals surface area contributed by atoms with Crippen molar-refractivity contribution in [3.05, 3.63) is 23.9 Å². The summed E-state index contributed by atoms with van der Waals surface area (Å²) in [5.41, 5.74) is 0.476. The minimum absolute atomic E-state index is 0.188. The molecule has 3 amide bonds. The van der Waals surface area contributed by atoms with Crippen molar-refractivity contribution in [2.45, 2.75) is 0 Å². The number of aromatic nitrogens is 1. The number of nitrogens with one attached hydrogen (secondary N) is 3. The number of urea groups is 1. The first-order chi connectivity index (χ1) is 9.06. The van der Waals surface area contributed by atoms with Crippen molar-refractivity contribution < 1.29 is 9.59 Å². The highest BCUT2D eigenvalue weighted by molar-refractivity contribution is 5.98. The quantitative estimate of drug-likeness (QED) is 0.660. The number of nitrogens with zero attached hydrogens (tertiary/aromatic N) is 2. The van der Waals surface area contributed by atoms with E-state index in [2.05, 4.69) is 20.9 Å². The van der Waals surface area contributed by atoms with Crippen LogP contribution in [0.5, 0.6) is 0 Å². The van der Waals surface area contributed by atoms with E-state index in [1.165, 1.54) is 4.90 Å². The standard InChI is InChI=1S/C12H19N5O2/c1-13-10-9(5-4-6-14-10)11(18)15-7-8-16-12(19)17(2)3/h4-6H,7-8H2,1-3H3,(H,13,14)(H,15,18)(H,16,19). The van der Waals surface area contributed by atoms with E-state index in [9.17, 15) is 9.59 Å². The summed E-state index contributed by atoms with van der Waals surface area (Å²) < 4.78 is 0. The largest absolute Gasteiger partial charge is 0.372 e. The molecule has 1 aromatic rings. The molecule has 0 spiro atoms. The van der Waals surface area contributed by atoms with Gasteiger partial charge in [-0.05, 0) is 12.1 Å². The van der Waals surface area contributed by atoms with E-state index in [1.807, 2.05) is 0 Å². The highest BCUT2D eigenvalue weighted by atomic mass is 16.2. The smallest absolute Gasteiger partial charge is 0.316 e. The van der Waals surface area contributed by atoms with Crippen LogP contribution in [0.2, 0.25) is 0 Å². The van der Waals surface area contributed by atoms with Crippen molar-refractivity contribution in [1.82, 2.24) is 20.5 Å². The molecule has 19 heavy (non-hydrogen) atoms. The van der Waals surface area contributed by atoms with Gasteiger partial charge < -0.3 is 20.9 Å². The number of pyridine rings is 1. The van der Waals surface area contributed by atoms with Crippen LogP contribution in [-0.4, -0.2) is 56.1 Å². The van der Waals surface area contributed by atoms with Crippen LogP contribution < -0.4 is 16.0 Å². The molecule has 0 aliphatic heterocycles. The lowest BCUT2D eigenvalue weighted by atomic mass is 10.2. The Bertz CT molecular complexity index is 448. The van der Waals surface area contributed by atoms with Crippen LogP contribution in [0.25, 0.3) is 0 Å². The maximum atomic E-state index is 11.9. The molecule has 1 heterocycles. The fourth-order valence-corrected chi connectivity index (χ4v) is 1.39. The molecule has 0 saturated heterocycles. The van der Waals surface area contributed by atoms with Gasteiger partial charge >= 0.3 is 6.03 Å². The highest BCUT2D eigenvalue weighted by Gasteiger charge is 2.10. The lowest BCUT2D eigenvalue weighted by Gasteiger charge is -2.12. The summed E-state index contributed by atoms with van der Waals surface area (Å²) in [5, 5.41) is 8.23. The van der Waals surface area contributed by atoms with Crippen LogP contribution in [0.4, 0.5) is 10.6 Å². The van der Waals surface area contributed by atoms with E-state index in [0.29, 0.717) is 24.5 Å². The fraction of sp³-hybridized carbons (Fsp3) is 0.417. The third kappa shape index (κ3) is 4.46. The van der Waals surface area contributed by atoms with Gasteiger partial charge in [0.25, 0.3) is 5.91 Å². The average molecular weight is 265 g/mol. The second-order valence-corrected chi connectivity index (χ2v) is 4.03. The number of hydrogen-bond acceptors (Lipinski definition) is 4. The van der Waals surface area contributed by atoms with Crippen molar-refractivity contribution in [2.75, 3.05) is 39.5 Å². The molecule has 0 radical (unpaired) electrons. The topological polar surface area (TPSA) is 86.4 Å². The Balaban J connectivity index is 2.41. The second-order valence-electron chi connectivity index (χ2n) is 4.03. The zero-order chi connectivity index (χ0) is 14.3. The zero-order valence-corrected chi connectivity index (χ0v) is 11.4. The zero-order valence-electron chi connectivity index (χ0n) is 11.4. The van der Waals surface area contributed by atoms with Gasteiger partial charge in [-0.3, -0.25) is 4.79 Å². The number of anilines is 1. The van der Waals surface area contributed by atoms with Gasteiger partial charge in [0, 0.05) is 40.4 Å². The average Bonchev–Trinajstić information content (AvgIpc) is 2.42. The van der Waals surface area contributed by atoms with E-state index in [-0.39, 0.29) is 11.9 Å². The first-order valence-electron chi connectivity index (χ1n) is 5.92. The van der Waals surface area contributed by atoms with E-state index in [4.69, 9.17) is 0 Å². The van der Waals surface area contributed by atoms with Gasteiger partial charge in [0.05, 0.1) is 5.56 Å². The van der Waals surface area contributed by atoms with E-state index >= 15 is 0 Å². The maximum absolute atomic E-state index is 11.9. The Morgan fingerprint density at radius 3 is 2.58 bits per heavy atom. The molecule has 0 fully saturated rings. The van der Waals surface area contributed by atoms with Gasteiger partial charge in [0.2, 0.25) is 0 Å². The molecule has 1 aromatic heterocycles. The lowest BCUT2D eigenvalue weighted by Crippen LogP contribution is -2.39. The molecule has 3 N–H and O–H groups in total. The van der Waals surface area contributed by atoms with Gasteiger partial charge in [-0.15, -0.1) is 0 Å². The van der Waals surface area contributed by atoms with Crippen molar-refractivity contribution in [3.63, 3.8) is 0 Å². The Morgan fingerprint density at radius 1 is 1.26 bits per heavy atom. The third-order valence-electron chi connectivity index (χ3n) is 2.38. The molecule has 0 bridgehead atoms. The Morgan fingerprint density at radius 2 is 1.95 bits per heavy atom. The maximum Gasteiger partial charge on any atom is 0.316 e. The summed E-state index contributed by atoms with van der Waals surface area (Å²) in [6.45, 7) is 0.731. The Kier molecular flexibility index (Phi) is 5.59. The summed E-state index contributed by atoms with van der Waals surface area (Å²) in [6.07, 6.45) is 1.61. The normalized spacial score (nSPS) is 9.63. The molecule has 0 aromatic carbocycles. The second kappa shape index (κ2) is 7.20. The van der Waals surface area contributed by atoms with Crippen molar-refractivity contribution in [3.8, 4) is 0 Å². The summed E-state index contributed by atoms with van der Waals surface area (Å²) in [4.78, 5) is 28.6. The van der Waals surface area contributed by atoms with Crippen LogP contribution in [0.3, 0.4) is 0 Å². The predicted octanol–water partition coefficient (Wildman–Crippen LogP) is 0.124. The number of rotatable bonds is 5. The Labute approximate surface area is 112 Å². The molecule has 0 aliphatic rings. The lowest BCUT2D eigenvalue weighted by molar-refractivity contribution is 0.0954. The molecule has 7 nitrogen and oxygen atoms in total. The molecule has 104 valence electrons. The van der Waals surface area contributed by atoms with Gasteiger partial charge in [-0.2, -0.15) is 0 Å². The van der Waals surface area contributed by atoms with Crippen LogP contribution in [-0.2, 0) is 0 Å². The summed E-state index contributed by atoms with van der Waals surface area (Å²) in [6, 6.07) is 3.20. The van der Waals surface area contributed by atoms with E-state index in [0.717, 1.165) is 0 Å². The Hall–Kier alpha value is -2.31. The first kappa shape index (κ1) is 14.7. The van der Waals surface area contributed by atoms with Crippen LogP contribution in [0.1, 0.15) is 10.4 Å². The van der Waals surface area contributed by atoms with Gasteiger partial charge in [-0.1, -0.05) is 0 Å².